The Labute approximate surface area is 254 Å². The van der Waals surface area contributed by atoms with Crippen molar-refractivity contribution in [2.45, 2.75) is 6.92 Å². The zero-order valence-corrected chi connectivity index (χ0v) is 24.1. The van der Waals surface area contributed by atoms with E-state index in [0.29, 0.717) is 0 Å². The molecule has 208 valence electrons. The monoisotopic (exact) mass is 565 g/mol. The van der Waals surface area contributed by atoms with E-state index in [1.807, 2.05) is 6.07 Å². The molecule has 0 saturated carbocycles. The van der Waals surface area contributed by atoms with Gasteiger partial charge < -0.3 is 13.7 Å². The molecular formula is C41H27NO2. The molecule has 0 aliphatic carbocycles. The molecule has 0 atom stereocenters. The van der Waals surface area contributed by atoms with Gasteiger partial charge in [-0.05, 0) is 59.2 Å². The first-order valence-corrected chi connectivity index (χ1v) is 14.9. The topological polar surface area (TPSA) is 29.5 Å². The molecule has 0 saturated heterocycles. The molecule has 0 unspecified atom stereocenters. The quantitative estimate of drug-likeness (QED) is 0.213. The van der Waals surface area contributed by atoms with Crippen LogP contribution < -0.4 is 4.90 Å². The summed E-state index contributed by atoms with van der Waals surface area (Å²) in [6.07, 6.45) is 0. The normalized spacial score (nSPS) is 11.8. The van der Waals surface area contributed by atoms with Crippen LogP contribution in [0.2, 0.25) is 0 Å². The van der Waals surface area contributed by atoms with Crippen LogP contribution in [-0.2, 0) is 0 Å². The number of rotatable bonds is 4. The average molecular weight is 566 g/mol. The average Bonchev–Trinajstić information content (AvgIpc) is 3.65. The first kappa shape index (κ1) is 24.8. The van der Waals surface area contributed by atoms with Crippen LogP contribution in [0.4, 0.5) is 17.1 Å². The predicted molar refractivity (Wildman–Crippen MR) is 183 cm³/mol. The molecule has 0 radical (unpaired) electrons. The summed E-state index contributed by atoms with van der Waals surface area (Å²) < 4.78 is 13.4. The molecule has 7 aromatic carbocycles. The maximum atomic E-state index is 6.85. The Morgan fingerprint density at radius 3 is 2.09 bits per heavy atom. The summed E-state index contributed by atoms with van der Waals surface area (Å²) in [4.78, 5) is 2.30. The SMILES string of the molecule is Cc1ccccc1N(c1ccc2c(c1)oc1ccc3ccccc3c12)c1cccc2c1oc1c(-c3ccccc3)cccc12. The molecule has 0 aliphatic rings. The highest BCUT2D eigenvalue weighted by Crippen LogP contribution is 2.46. The molecule has 0 aliphatic heterocycles. The van der Waals surface area contributed by atoms with E-state index in [1.165, 1.54) is 16.3 Å². The maximum Gasteiger partial charge on any atom is 0.159 e. The highest BCUT2D eigenvalue weighted by molar-refractivity contribution is 6.19. The van der Waals surface area contributed by atoms with Crippen molar-refractivity contribution >= 4 is 71.7 Å². The molecule has 0 N–H and O–H groups in total. The molecule has 2 heterocycles. The van der Waals surface area contributed by atoms with Gasteiger partial charge >= 0.3 is 0 Å². The lowest BCUT2D eigenvalue weighted by Crippen LogP contribution is -2.11. The van der Waals surface area contributed by atoms with Crippen molar-refractivity contribution in [2.24, 2.45) is 0 Å². The van der Waals surface area contributed by atoms with Crippen LogP contribution in [0.5, 0.6) is 0 Å². The first-order chi connectivity index (χ1) is 21.7. The second-order valence-electron chi connectivity index (χ2n) is 11.4. The Morgan fingerprint density at radius 2 is 1.20 bits per heavy atom. The van der Waals surface area contributed by atoms with Crippen LogP contribution in [0.25, 0.3) is 65.8 Å². The first-order valence-electron chi connectivity index (χ1n) is 14.9. The highest BCUT2D eigenvalue weighted by atomic mass is 16.3. The third-order valence-electron chi connectivity index (χ3n) is 8.79. The number of hydrogen-bond acceptors (Lipinski definition) is 3. The van der Waals surface area contributed by atoms with Gasteiger partial charge in [-0.15, -0.1) is 0 Å². The summed E-state index contributed by atoms with van der Waals surface area (Å²) in [6, 6.07) is 51.0. The molecule has 9 rings (SSSR count). The van der Waals surface area contributed by atoms with Crippen LogP contribution in [0.3, 0.4) is 0 Å². The van der Waals surface area contributed by atoms with Crippen molar-refractivity contribution in [1.82, 2.24) is 0 Å². The van der Waals surface area contributed by atoms with Gasteiger partial charge in [-0.3, -0.25) is 0 Å². The van der Waals surface area contributed by atoms with Gasteiger partial charge in [0.05, 0.1) is 11.4 Å². The van der Waals surface area contributed by atoms with E-state index in [4.69, 9.17) is 8.83 Å². The number of nitrogens with zero attached hydrogens (tertiary/aromatic N) is 1. The standard InChI is InChI=1S/C41H27NO2/c1-26-11-5-8-19-35(26)42(29-22-23-34-38(25-29)43-37-24-21-28-14-6-7-15-30(28)39(34)37)36-20-10-18-33-32-17-9-16-31(40(32)44-41(33)36)27-12-3-2-4-13-27/h2-25H,1H3. The number of benzene rings is 7. The third-order valence-corrected chi connectivity index (χ3v) is 8.79. The molecule has 2 aromatic heterocycles. The van der Waals surface area contributed by atoms with Crippen molar-refractivity contribution < 1.29 is 8.83 Å². The fourth-order valence-electron chi connectivity index (χ4n) is 6.72. The molecule has 0 fully saturated rings. The van der Waals surface area contributed by atoms with Crippen molar-refractivity contribution in [3.05, 3.63) is 151 Å². The van der Waals surface area contributed by atoms with Gasteiger partial charge in [-0.2, -0.15) is 0 Å². The highest BCUT2D eigenvalue weighted by Gasteiger charge is 2.22. The van der Waals surface area contributed by atoms with E-state index in [0.717, 1.165) is 72.1 Å². The summed E-state index contributed by atoms with van der Waals surface area (Å²) in [6.45, 7) is 2.15. The lowest BCUT2D eigenvalue weighted by atomic mass is 10.0. The minimum atomic E-state index is 0.852. The summed E-state index contributed by atoms with van der Waals surface area (Å²) in [7, 11) is 0. The molecule has 44 heavy (non-hydrogen) atoms. The number of anilines is 3. The van der Waals surface area contributed by atoms with Gasteiger partial charge in [0.25, 0.3) is 0 Å². The van der Waals surface area contributed by atoms with Gasteiger partial charge in [0.2, 0.25) is 0 Å². The minimum Gasteiger partial charge on any atom is -0.456 e. The third kappa shape index (κ3) is 3.69. The number of fused-ring (bicyclic) bond motifs is 8. The Bertz CT molecular complexity index is 2520. The summed E-state index contributed by atoms with van der Waals surface area (Å²) >= 11 is 0. The van der Waals surface area contributed by atoms with Gasteiger partial charge in [0.15, 0.2) is 5.58 Å². The second-order valence-corrected chi connectivity index (χ2v) is 11.4. The van der Waals surface area contributed by atoms with E-state index >= 15 is 0 Å². The van der Waals surface area contributed by atoms with E-state index in [2.05, 4.69) is 151 Å². The van der Waals surface area contributed by atoms with Crippen LogP contribution in [0, 0.1) is 6.92 Å². The van der Waals surface area contributed by atoms with Crippen molar-refractivity contribution in [2.75, 3.05) is 4.90 Å². The lowest BCUT2D eigenvalue weighted by Gasteiger charge is -2.27. The van der Waals surface area contributed by atoms with Crippen LogP contribution in [0.15, 0.2) is 154 Å². The predicted octanol–water partition coefficient (Wildman–Crippen LogP) is 12.1. The van der Waals surface area contributed by atoms with Crippen molar-refractivity contribution in [3.8, 4) is 11.1 Å². The van der Waals surface area contributed by atoms with Crippen molar-refractivity contribution in [3.63, 3.8) is 0 Å². The summed E-state index contributed by atoms with van der Waals surface area (Å²) in [5.74, 6) is 0. The fourth-order valence-corrected chi connectivity index (χ4v) is 6.72. The molecule has 0 amide bonds. The smallest absolute Gasteiger partial charge is 0.159 e. The number of para-hydroxylation sites is 3. The Hall–Kier alpha value is -5.80. The lowest BCUT2D eigenvalue weighted by molar-refractivity contribution is 0.668. The van der Waals surface area contributed by atoms with Gasteiger partial charge in [-0.1, -0.05) is 109 Å². The zero-order valence-electron chi connectivity index (χ0n) is 24.1. The Morgan fingerprint density at radius 1 is 0.477 bits per heavy atom. The maximum absolute atomic E-state index is 6.85. The minimum absolute atomic E-state index is 0.852. The Kier molecular flexibility index (Phi) is 5.41. The number of furan rings is 2. The molecule has 3 heteroatoms. The Balaban J connectivity index is 1.31. The number of hydrogen-bond donors (Lipinski definition) is 0. The van der Waals surface area contributed by atoms with E-state index in [1.54, 1.807) is 0 Å². The summed E-state index contributed by atoms with van der Waals surface area (Å²) in [5, 5.41) is 6.87. The van der Waals surface area contributed by atoms with Gasteiger partial charge in [0, 0.05) is 38.9 Å². The second kappa shape index (κ2) is 9.62. The van der Waals surface area contributed by atoms with E-state index in [-0.39, 0.29) is 0 Å². The largest absolute Gasteiger partial charge is 0.456 e. The van der Waals surface area contributed by atoms with E-state index in [9.17, 15) is 0 Å². The van der Waals surface area contributed by atoms with Gasteiger partial charge in [0.1, 0.15) is 16.7 Å². The van der Waals surface area contributed by atoms with Crippen molar-refractivity contribution in [1.29, 1.82) is 0 Å². The van der Waals surface area contributed by atoms with E-state index < -0.39 is 0 Å². The molecule has 9 aromatic rings. The summed E-state index contributed by atoms with van der Waals surface area (Å²) in [5.41, 5.74) is 9.96. The molecule has 0 bridgehead atoms. The number of aryl methyl sites for hydroxylation is 1. The molecule has 3 nitrogen and oxygen atoms in total. The van der Waals surface area contributed by atoms with Crippen LogP contribution in [-0.4, -0.2) is 0 Å². The van der Waals surface area contributed by atoms with Crippen LogP contribution in [0.1, 0.15) is 5.56 Å². The fraction of sp³-hybridized carbons (Fsp3) is 0.0244. The van der Waals surface area contributed by atoms with Gasteiger partial charge in [-0.25, -0.2) is 0 Å². The van der Waals surface area contributed by atoms with Crippen LogP contribution >= 0.6 is 0 Å². The zero-order chi connectivity index (χ0) is 29.2. The molecule has 0 spiro atoms. The molecular weight excluding hydrogens is 538 g/mol.